The average Bonchev–Trinajstić information content (AvgIpc) is 3.55. The van der Waals surface area contributed by atoms with Gasteiger partial charge in [-0.3, -0.25) is 4.79 Å². The van der Waals surface area contributed by atoms with E-state index in [1.807, 2.05) is 0 Å². The first-order chi connectivity index (χ1) is 19.4. The fourth-order valence-corrected chi connectivity index (χ4v) is 5.16. The summed E-state index contributed by atoms with van der Waals surface area (Å²) < 4.78 is 87.1. The predicted molar refractivity (Wildman–Crippen MR) is 130 cm³/mol. The fraction of sp³-hybridized carbons (Fsp3) is 0.560. The number of aryl methyl sites for hydroxylation is 1. The van der Waals surface area contributed by atoms with Crippen LogP contribution < -0.4 is 10.6 Å². The molecule has 0 unspecified atom stereocenters. The summed E-state index contributed by atoms with van der Waals surface area (Å²) in [5.74, 6) is -7.01. The van der Waals surface area contributed by atoms with Crippen LogP contribution in [0.1, 0.15) is 65.5 Å². The Labute approximate surface area is 229 Å². The van der Waals surface area contributed by atoms with Crippen LogP contribution in [0.5, 0.6) is 0 Å². The highest BCUT2D eigenvalue weighted by Crippen LogP contribution is 2.41. The van der Waals surface area contributed by atoms with Crippen molar-refractivity contribution in [2.45, 2.75) is 69.4 Å². The molecule has 2 aliphatic rings. The van der Waals surface area contributed by atoms with Crippen molar-refractivity contribution in [1.82, 2.24) is 35.3 Å². The molecule has 1 aliphatic carbocycles. The van der Waals surface area contributed by atoms with Gasteiger partial charge in [-0.15, -0.1) is 0 Å². The lowest BCUT2D eigenvalue weighted by atomic mass is 9.81. The Morgan fingerprint density at radius 3 is 2.68 bits per heavy atom. The van der Waals surface area contributed by atoms with Crippen molar-refractivity contribution in [3.63, 3.8) is 0 Å². The van der Waals surface area contributed by atoms with Gasteiger partial charge in [-0.1, -0.05) is 5.16 Å². The SMILES string of the molecule is O=C(N[C@H](c1cn2ncc(CN3CC(F)(F)CNC3=O)cc2n1)C1CCC(F)(F)CC1)c1conc1CCC(F)F. The maximum Gasteiger partial charge on any atom is 0.318 e. The molecule has 10 nitrogen and oxygen atoms in total. The normalized spacial score (nSPS) is 19.9. The first-order valence-electron chi connectivity index (χ1n) is 13.0. The first-order valence-corrected chi connectivity index (χ1v) is 13.0. The fourth-order valence-electron chi connectivity index (χ4n) is 5.16. The quantitative estimate of drug-likeness (QED) is 0.359. The highest BCUT2D eigenvalue weighted by molar-refractivity contribution is 5.95. The monoisotopic (exact) mass is 587 g/mol. The summed E-state index contributed by atoms with van der Waals surface area (Å²) in [6.07, 6.45) is 0.0451. The van der Waals surface area contributed by atoms with E-state index < -0.39 is 61.7 Å². The summed E-state index contributed by atoms with van der Waals surface area (Å²) in [7, 11) is 0. The van der Waals surface area contributed by atoms with Crippen molar-refractivity contribution in [2.24, 2.45) is 5.92 Å². The van der Waals surface area contributed by atoms with Crippen molar-refractivity contribution >= 4 is 17.6 Å². The van der Waals surface area contributed by atoms with Gasteiger partial charge in [-0.2, -0.15) is 5.10 Å². The van der Waals surface area contributed by atoms with Crippen molar-refractivity contribution in [3.8, 4) is 0 Å². The molecule has 0 radical (unpaired) electrons. The Kier molecular flexibility index (Phi) is 7.83. The number of hydrogen-bond acceptors (Lipinski definition) is 6. The largest absolute Gasteiger partial charge is 0.364 e. The van der Waals surface area contributed by atoms with E-state index >= 15 is 0 Å². The Morgan fingerprint density at radius 2 is 1.95 bits per heavy atom. The minimum absolute atomic E-state index is 0.0439. The molecule has 222 valence electrons. The maximum atomic E-state index is 13.9. The van der Waals surface area contributed by atoms with Crippen LogP contribution in [-0.4, -0.2) is 68.0 Å². The van der Waals surface area contributed by atoms with E-state index in [1.54, 1.807) is 6.07 Å². The smallest absolute Gasteiger partial charge is 0.318 e. The molecule has 41 heavy (non-hydrogen) atoms. The zero-order chi connectivity index (χ0) is 29.4. The third-order valence-corrected chi connectivity index (χ3v) is 7.30. The van der Waals surface area contributed by atoms with Crippen LogP contribution in [0.25, 0.3) is 5.65 Å². The summed E-state index contributed by atoms with van der Waals surface area (Å²) in [6.45, 7) is -1.65. The van der Waals surface area contributed by atoms with Crippen molar-refractivity contribution in [2.75, 3.05) is 13.1 Å². The molecule has 4 heterocycles. The first kappa shape index (κ1) is 28.7. The van der Waals surface area contributed by atoms with Gasteiger partial charge in [0.2, 0.25) is 12.3 Å². The van der Waals surface area contributed by atoms with Gasteiger partial charge in [-0.25, -0.2) is 40.6 Å². The molecule has 2 fully saturated rings. The number of fused-ring (bicyclic) bond motifs is 1. The van der Waals surface area contributed by atoms with Crippen molar-refractivity contribution in [3.05, 3.63) is 47.2 Å². The van der Waals surface area contributed by atoms with Crippen molar-refractivity contribution in [1.29, 1.82) is 0 Å². The highest BCUT2D eigenvalue weighted by atomic mass is 19.3. The van der Waals surface area contributed by atoms with Crippen LogP contribution in [-0.2, 0) is 13.0 Å². The topological polar surface area (TPSA) is 118 Å². The van der Waals surface area contributed by atoms with E-state index in [0.29, 0.717) is 11.3 Å². The number of aromatic nitrogens is 4. The molecule has 1 saturated carbocycles. The second kappa shape index (κ2) is 11.2. The standard InChI is InChI=1S/C25H27F6N7O3/c26-19(27)2-1-17-16(11-41-36-17)22(39)35-21(15-3-5-24(28,29)6-4-15)18-10-38-20(34-18)7-14(8-33-38)9-37-13-25(30,31)12-32-23(37)40/h7-8,10-11,15,19,21H,1-6,9,12-13H2,(H,32,40)(H,35,39)/t21-/m0/s1. The van der Waals surface area contributed by atoms with Crippen LogP contribution in [0.15, 0.2) is 29.2 Å². The molecule has 3 aromatic heterocycles. The molecule has 1 saturated heterocycles. The lowest BCUT2D eigenvalue weighted by Crippen LogP contribution is -2.56. The third-order valence-electron chi connectivity index (χ3n) is 7.30. The van der Waals surface area contributed by atoms with Gasteiger partial charge in [-0.05, 0) is 36.8 Å². The van der Waals surface area contributed by atoms with Gasteiger partial charge in [0.15, 0.2) is 5.65 Å². The van der Waals surface area contributed by atoms with Crippen LogP contribution in [0.4, 0.5) is 31.1 Å². The van der Waals surface area contributed by atoms with E-state index in [4.69, 9.17) is 4.52 Å². The number of amides is 3. The summed E-state index contributed by atoms with van der Waals surface area (Å²) in [5, 5.41) is 12.8. The molecular formula is C25H27F6N7O3. The average molecular weight is 588 g/mol. The van der Waals surface area contributed by atoms with Crippen LogP contribution in [0.3, 0.4) is 0 Å². The molecule has 0 bridgehead atoms. The number of nitrogens with one attached hydrogen (secondary N) is 2. The van der Waals surface area contributed by atoms with Crippen molar-refractivity contribution < 1.29 is 40.5 Å². The predicted octanol–water partition coefficient (Wildman–Crippen LogP) is 4.37. The Balaban J connectivity index is 1.39. The molecule has 1 atom stereocenters. The number of urea groups is 1. The van der Waals surface area contributed by atoms with E-state index in [-0.39, 0.29) is 55.6 Å². The second-order valence-electron chi connectivity index (χ2n) is 10.5. The Bertz CT molecular complexity index is 1400. The summed E-state index contributed by atoms with van der Waals surface area (Å²) in [4.78, 5) is 30.7. The maximum absolute atomic E-state index is 13.9. The molecule has 5 rings (SSSR count). The minimum Gasteiger partial charge on any atom is -0.364 e. The zero-order valence-electron chi connectivity index (χ0n) is 21.6. The van der Waals surface area contributed by atoms with Gasteiger partial charge >= 0.3 is 6.03 Å². The zero-order valence-corrected chi connectivity index (χ0v) is 21.6. The van der Waals surface area contributed by atoms with Crippen LogP contribution in [0.2, 0.25) is 0 Å². The third kappa shape index (κ3) is 6.73. The second-order valence-corrected chi connectivity index (χ2v) is 10.5. The van der Waals surface area contributed by atoms with Crippen LogP contribution >= 0.6 is 0 Å². The number of carbonyl (C=O) groups is 2. The van der Waals surface area contributed by atoms with E-state index in [1.165, 1.54) is 16.9 Å². The van der Waals surface area contributed by atoms with Gasteiger partial charge in [0.25, 0.3) is 11.8 Å². The number of carbonyl (C=O) groups excluding carboxylic acids is 2. The number of imidazole rings is 1. The molecule has 1 aliphatic heterocycles. The van der Waals surface area contributed by atoms with Gasteiger partial charge in [0, 0.05) is 25.8 Å². The van der Waals surface area contributed by atoms with E-state index in [2.05, 4.69) is 25.9 Å². The summed E-state index contributed by atoms with van der Waals surface area (Å²) in [6, 6.07) is 0.0684. The molecule has 3 aromatic rings. The van der Waals surface area contributed by atoms with Crippen LogP contribution in [0, 0.1) is 5.92 Å². The lowest BCUT2D eigenvalue weighted by Gasteiger charge is -2.33. The molecule has 2 N–H and O–H groups in total. The highest BCUT2D eigenvalue weighted by Gasteiger charge is 2.40. The molecular weight excluding hydrogens is 560 g/mol. The van der Waals surface area contributed by atoms with E-state index in [0.717, 1.165) is 11.2 Å². The summed E-state index contributed by atoms with van der Waals surface area (Å²) >= 11 is 0. The summed E-state index contributed by atoms with van der Waals surface area (Å²) in [5.41, 5.74) is 1.02. The molecule has 16 heteroatoms. The van der Waals surface area contributed by atoms with E-state index in [9.17, 15) is 35.9 Å². The Hall–Kier alpha value is -3.85. The number of hydrogen-bond donors (Lipinski definition) is 2. The van der Waals surface area contributed by atoms with Gasteiger partial charge in [0.1, 0.15) is 11.8 Å². The number of nitrogens with zero attached hydrogens (tertiary/aromatic N) is 5. The molecule has 0 spiro atoms. The number of rotatable bonds is 9. The van der Waals surface area contributed by atoms with Gasteiger partial charge in [0.05, 0.1) is 42.9 Å². The lowest BCUT2D eigenvalue weighted by molar-refractivity contribution is -0.0495. The molecule has 0 aromatic carbocycles. The molecule has 3 amide bonds. The Morgan fingerprint density at radius 1 is 1.20 bits per heavy atom. The number of alkyl halides is 6. The number of halogens is 6. The van der Waals surface area contributed by atoms with Gasteiger partial charge < -0.3 is 20.1 Å². The minimum atomic E-state index is -3.09.